The first-order chi connectivity index (χ1) is 10.8. The fourth-order valence-corrected chi connectivity index (χ4v) is 3.31. The zero-order chi connectivity index (χ0) is 15.1. The van der Waals surface area contributed by atoms with Crippen LogP contribution in [-0.2, 0) is 0 Å². The smallest absolute Gasteiger partial charge is 0.263 e. The summed E-state index contributed by atoms with van der Waals surface area (Å²) in [6.07, 6.45) is 5.07. The van der Waals surface area contributed by atoms with Gasteiger partial charge in [-0.25, -0.2) is 9.97 Å². The SMILES string of the molecule is O=Cc1c[nH]c2ncc(-c3ccc(C(=O)N4CCC4)s3)nc12. The van der Waals surface area contributed by atoms with Crippen LogP contribution in [0.4, 0.5) is 0 Å². The molecule has 0 radical (unpaired) electrons. The first-order valence-electron chi connectivity index (χ1n) is 6.95. The van der Waals surface area contributed by atoms with E-state index >= 15 is 0 Å². The third-order valence-electron chi connectivity index (χ3n) is 3.75. The quantitative estimate of drug-likeness (QED) is 0.753. The second-order valence-electron chi connectivity index (χ2n) is 5.12. The maximum absolute atomic E-state index is 12.2. The van der Waals surface area contributed by atoms with Gasteiger partial charge in [0, 0.05) is 19.3 Å². The van der Waals surface area contributed by atoms with Crippen molar-refractivity contribution in [1.82, 2.24) is 19.9 Å². The van der Waals surface area contributed by atoms with Gasteiger partial charge in [0.05, 0.1) is 27.2 Å². The molecule has 1 amide bonds. The maximum Gasteiger partial charge on any atom is 0.263 e. The molecule has 6 nitrogen and oxygen atoms in total. The Bertz CT molecular complexity index is 879. The first-order valence-corrected chi connectivity index (χ1v) is 7.77. The minimum Gasteiger partial charge on any atom is -0.344 e. The molecular weight excluding hydrogens is 300 g/mol. The average Bonchev–Trinajstić information content (AvgIpc) is 3.11. The molecule has 0 spiro atoms. The average molecular weight is 312 g/mol. The number of nitrogens with one attached hydrogen (secondary N) is 1. The summed E-state index contributed by atoms with van der Waals surface area (Å²) < 4.78 is 0. The Balaban J connectivity index is 1.70. The zero-order valence-corrected chi connectivity index (χ0v) is 12.4. The van der Waals surface area contributed by atoms with E-state index in [1.165, 1.54) is 11.3 Å². The van der Waals surface area contributed by atoms with Crippen LogP contribution >= 0.6 is 11.3 Å². The highest BCUT2D eigenvalue weighted by Gasteiger charge is 2.23. The van der Waals surface area contributed by atoms with Crippen molar-refractivity contribution in [1.29, 1.82) is 0 Å². The molecule has 0 bridgehead atoms. The molecule has 1 aliphatic rings. The van der Waals surface area contributed by atoms with Crippen LogP contribution in [0.3, 0.4) is 0 Å². The van der Waals surface area contributed by atoms with Gasteiger partial charge in [0.2, 0.25) is 0 Å². The van der Waals surface area contributed by atoms with Crippen molar-refractivity contribution in [3.63, 3.8) is 0 Å². The summed E-state index contributed by atoms with van der Waals surface area (Å²) >= 11 is 1.40. The predicted octanol–water partition coefficient (Wildman–Crippen LogP) is 2.34. The van der Waals surface area contributed by atoms with Gasteiger partial charge >= 0.3 is 0 Å². The maximum atomic E-state index is 12.2. The molecule has 0 saturated carbocycles. The van der Waals surface area contributed by atoms with Gasteiger partial charge in [-0.1, -0.05) is 0 Å². The van der Waals surface area contributed by atoms with E-state index in [1.807, 2.05) is 17.0 Å². The standard InChI is InChI=1S/C15H12N4O2S/c20-8-9-6-16-14-13(9)18-10(7-17-14)11-2-3-12(22-11)15(21)19-4-1-5-19/h2-3,6-8H,1,4-5H2,(H,16,17). The van der Waals surface area contributed by atoms with Crippen LogP contribution in [0.5, 0.6) is 0 Å². The van der Waals surface area contributed by atoms with E-state index in [0.717, 1.165) is 30.7 Å². The van der Waals surface area contributed by atoms with Crippen molar-refractivity contribution in [2.45, 2.75) is 6.42 Å². The zero-order valence-electron chi connectivity index (χ0n) is 11.6. The van der Waals surface area contributed by atoms with Crippen molar-refractivity contribution < 1.29 is 9.59 Å². The van der Waals surface area contributed by atoms with Crippen molar-refractivity contribution in [3.05, 3.63) is 35.0 Å². The molecule has 0 aliphatic carbocycles. The second-order valence-corrected chi connectivity index (χ2v) is 6.21. The van der Waals surface area contributed by atoms with Crippen LogP contribution in [0.2, 0.25) is 0 Å². The number of thiophene rings is 1. The van der Waals surface area contributed by atoms with Crippen molar-refractivity contribution in [2.75, 3.05) is 13.1 Å². The molecule has 1 saturated heterocycles. The lowest BCUT2D eigenvalue weighted by Crippen LogP contribution is -2.41. The topological polar surface area (TPSA) is 79.0 Å². The number of likely N-dealkylation sites (tertiary alicyclic amines) is 1. The number of aldehydes is 1. The van der Waals surface area contributed by atoms with Crippen LogP contribution in [0, 0.1) is 0 Å². The van der Waals surface area contributed by atoms with E-state index in [2.05, 4.69) is 15.0 Å². The molecule has 4 rings (SSSR count). The van der Waals surface area contributed by atoms with Crippen LogP contribution < -0.4 is 0 Å². The summed E-state index contributed by atoms with van der Waals surface area (Å²) in [6, 6.07) is 3.70. The second kappa shape index (κ2) is 5.03. The lowest BCUT2D eigenvalue weighted by atomic mass is 10.2. The summed E-state index contributed by atoms with van der Waals surface area (Å²) in [4.78, 5) is 38.3. The summed E-state index contributed by atoms with van der Waals surface area (Å²) in [5.41, 5.74) is 2.29. The van der Waals surface area contributed by atoms with Gasteiger partial charge in [-0.2, -0.15) is 0 Å². The molecule has 7 heteroatoms. The van der Waals surface area contributed by atoms with Crippen LogP contribution in [0.15, 0.2) is 24.5 Å². The fourth-order valence-electron chi connectivity index (χ4n) is 2.38. The summed E-state index contributed by atoms with van der Waals surface area (Å²) in [5, 5.41) is 0. The summed E-state index contributed by atoms with van der Waals surface area (Å²) in [6.45, 7) is 1.67. The highest BCUT2D eigenvalue weighted by Crippen LogP contribution is 2.29. The Morgan fingerprint density at radius 2 is 2.23 bits per heavy atom. The highest BCUT2D eigenvalue weighted by molar-refractivity contribution is 7.17. The minimum absolute atomic E-state index is 0.0757. The Morgan fingerprint density at radius 1 is 1.36 bits per heavy atom. The van der Waals surface area contributed by atoms with Crippen molar-refractivity contribution in [3.8, 4) is 10.6 Å². The highest BCUT2D eigenvalue weighted by atomic mass is 32.1. The van der Waals surface area contributed by atoms with E-state index in [9.17, 15) is 9.59 Å². The van der Waals surface area contributed by atoms with Gasteiger partial charge in [-0.05, 0) is 18.6 Å². The van der Waals surface area contributed by atoms with Crippen molar-refractivity contribution in [2.24, 2.45) is 0 Å². The molecule has 0 aromatic carbocycles. The Hall–Kier alpha value is -2.54. The predicted molar refractivity (Wildman–Crippen MR) is 83.1 cm³/mol. The largest absolute Gasteiger partial charge is 0.344 e. The van der Waals surface area contributed by atoms with Gasteiger partial charge in [-0.3, -0.25) is 9.59 Å². The molecular formula is C15H12N4O2S. The number of hydrogen-bond acceptors (Lipinski definition) is 5. The van der Waals surface area contributed by atoms with Gasteiger partial charge in [0.15, 0.2) is 11.9 Å². The van der Waals surface area contributed by atoms with E-state index in [1.54, 1.807) is 12.4 Å². The lowest BCUT2D eigenvalue weighted by Gasteiger charge is -2.30. The molecule has 1 N–H and O–H groups in total. The number of amides is 1. The number of rotatable bonds is 3. The Labute approximate surface area is 129 Å². The Kier molecular flexibility index (Phi) is 3.00. The van der Waals surface area contributed by atoms with E-state index in [-0.39, 0.29) is 5.91 Å². The fraction of sp³-hybridized carbons (Fsp3) is 0.200. The molecule has 0 unspecified atom stereocenters. The molecule has 0 atom stereocenters. The normalized spacial score (nSPS) is 14.1. The number of fused-ring (bicyclic) bond motifs is 1. The van der Waals surface area contributed by atoms with Gasteiger partial charge in [-0.15, -0.1) is 11.3 Å². The molecule has 110 valence electrons. The first kappa shape index (κ1) is 13.1. The number of carbonyl (C=O) groups is 2. The number of H-pyrrole nitrogens is 1. The summed E-state index contributed by atoms with van der Waals surface area (Å²) in [5.74, 6) is 0.0757. The number of nitrogens with zero attached hydrogens (tertiary/aromatic N) is 3. The van der Waals surface area contributed by atoms with Gasteiger partial charge in [0.1, 0.15) is 5.52 Å². The molecule has 1 fully saturated rings. The number of aromatic amines is 1. The van der Waals surface area contributed by atoms with E-state index < -0.39 is 0 Å². The molecule has 22 heavy (non-hydrogen) atoms. The molecule has 4 heterocycles. The van der Waals surface area contributed by atoms with E-state index in [4.69, 9.17) is 0 Å². The third-order valence-corrected chi connectivity index (χ3v) is 4.85. The van der Waals surface area contributed by atoms with Crippen molar-refractivity contribution >= 4 is 34.7 Å². The summed E-state index contributed by atoms with van der Waals surface area (Å²) in [7, 11) is 0. The molecule has 3 aromatic rings. The van der Waals surface area contributed by atoms with Gasteiger partial charge in [0.25, 0.3) is 5.91 Å². The van der Waals surface area contributed by atoms with Crippen LogP contribution in [-0.4, -0.2) is 45.1 Å². The van der Waals surface area contributed by atoms with Gasteiger partial charge < -0.3 is 9.88 Å². The minimum atomic E-state index is 0.0757. The molecule has 3 aromatic heterocycles. The number of carbonyl (C=O) groups excluding carboxylic acids is 2. The third kappa shape index (κ3) is 2.01. The monoisotopic (exact) mass is 312 g/mol. The van der Waals surface area contributed by atoms with Crippen LogP contribution in [0.25, 0.3) is 21.7 Å². The Morgan fingerprint density at radius 3 is 2.95 bits per heavy atom. The molecule has 1 aliphatic heterocycles. The van der Waals surface area contributed by atoms with E-state index in [0.29, 0.717) is 27.3 Å². The lowest BCUT2D eigenvalue weighted by molar-refractivity contribution is 0.0657. The number of hydrogen-bond donors (Lipinski definition) is 1. The van der Waals surface area contributed by atoms with Crippen LogP contribution in [0.1, 0.15) is 26.5 Å². The number of aromatic nitrogens is 3.